The summed E-state index contributed by atoms with van der Waals surface area (Å²) in [4.78, 5) is 51.0. The summed E-state index contributed by atoms with van der Waals surface area (Å²) >= 11 is 0. The Morgan fingerprint density at radius 2 is 2.03 bits per heavy atom. The molecule has 0 aliphatic heterocycles. The number of esters is 1. The molecule has 8 atom stereocenters. The van der Waals surface area contributed by atoms with Crippen LogP contribution in [0, 0.1) is 50.5 Å². The van der Waals surface area contributed by atoms with Gasteiger partial charge in [-0.3, -0.25) is 9.59 Å². The maximum atomic E-state index is 13.2. The van der Waals surface area contributed by atoms with E-state index in [1.54, 1.807) is 12.2 Å². The van der Waals surface area contributed by atoms with Crippen molar-refractivity contribution in [1.29, 1.82) is 0 Å². The zero-order valence-corrected chi connectivity index (χ0v) is 19.2. The molecule has 4 aliphatic rings. The van der Waals surface area contributed by atoms with Crippen LogP contribution in [-0.4, -0.2) is 47.0 Å². The second kappa shape index (κ2) is 8.34. The van der Waals surface area contributed by atoms with Crippen molar-refractivity contribution in [2.24, 2.45) is 40.4 Å². The molecule has 0 saturated heterocycles. The average Bonchev–Trinajstić information content (AvgIpc) is 3.00. The quantitative estimate of drug-likeness (QED) is 0.362. The van der Waals surface area contributed by atoms with Gasteiger partial charge in [-0.05, 0) is 61.0 Å². The van der Waals surface area contributed by atoms with E-state index in [4.69, 9.17) is 4.74 Å². The van der Waals surface area contributed by atoms with Crippen molar-refractivity contribution in [2.45, 2.75) is 52.6 Å². The molecule has 0 amide bonds. The van der Waals surface area contributed by atoms with Gasteiger partial charge in [-0.25, -0.2) is 4.79 Å². The fourth-order valence-electron chi connectivity index (χ4n) is 7.77. The van der Waals surface area contributed by atoms with E-state index in [1.165, 1.54) is 0 Å². The molecule has 33 heavy (non-hydrogen) atoms. The Hall–Kier alpha value is -2.55. The number of aliphatic hydroxyl groups excluding tert-OH is 1. The number of ketones is 2. The summed E-state index contributed by atoms with van der Waals surface area (Å²) in [6, 6.07) is 0. The Morgan fingerprint density at radius 3 is 2.73 bits per heavy atom. The number of Topliss-reactive ketones (excluding diaryl/α,β-unsaturated/α-hetero) is 1. The molecule has 0 spiro atoms. The van der Waals surface area contributed by atoms with Crippen LogP contribution in [0.15, 0.2) is 23.8 Å². The average molecular weight is 462 g/mol. The second-order valence-electron chi connectivity index (χ2n) is 10.6. The number of hydrogen-bond acceptors (Lipinski definition) is 8. The molecule has 9 nitrogen and oxygen atoms in total. The molecule has 0 aromatic rings. The number of hydrogen-bond donors (Lipinski definition) is 1. The number of aliphatic hydroxyl groups is 1. The first-order valence-electron chi connectivity index (χ1n) is 11.6. The van der Waals surface area contributed by atoms with Crippen LogP contribution in [0.1, 0.15) is 46.5 Å². The molecule has 0 bridgehead atoms. The van der Waals surface area contributed by atoms with E-state index in [0.717, 1.165) is 24.8 Å². The molecule has 3 fully saturated rings. The van der Waals surface area contributed by atoms with E-state index in [9.17, 15) is 29.6 Å². The van der Waals surface area contributed by atoms with Gasteiger partial charge < -0.3 is 14.7 Å². The third-order valence-corrected chi connectivity index (χ3v) is 8.85. The van der Waals surface area contributed by atoms with Gasteiger partial charge in [0, 0.05) is 17.3 Å². The summed E-state index contributed by atoms with van der Waals surface area (Å²) in [5, 5.41) is 20.5. The van der Waals surface area contributed by atoms with Crippen molar-refractivity contribution in [2.75, 3.05) is 13.2 Å². The normalized spacial score (nSPS) is 41.3. The van der Waals surface area contributed by atoms with Crippen molar-refractivity contribution in [3.63, 3.8) is 0 Å². The Kier molecular flexibility index (Phi) is 5.97. The molecule has 9 heteroatoms. The van der Waals surface area contributed by atoms with Crippen LogP contribution in [0.4, 0.5) is 0 Å². The first-order chi connectivity index (χ1) is 15.5. The van der Waals surface area contributed by atoms with Crippen LogP contribution < -0.4 is 0 Å². The molecular weight excluding hydrogens is 430 g/mol. The SMILES string of the molecule is CC1CC2C3CCC4=CC(=O)C=CC4(C)C3C(O)CC2(C)C1C(=O)COC(=O)CO[N+](=O)[O-]. The zero-order valence-electron chi connectivity index (χ0n) is 19.2. The molecule has 1 N–H and O–H groups in total. The summed E-state index contributed by atoms with van der Waals surface area (Å²) in [5.74, 6) is -1.08. The van der Waals surface area contributed by atoms with Gasteiger partial charge in [0.25, 0.3) is 5.09 Å². The van der Waals surface area contributed by atoms with Gasteiger partial charge >= 0.3 is 5.97 Å². The van der Waals surface area contributed by atoms with Gasteiger partial charge in [-0.1, -0.05) is 32.4 Å². The number of nitrogens with zero attached hydrogens (tertiary/aromatic N) is 1. The predicted octanol–water partition coefficient (Wildman–Crippen LogP) is 2.45. The van der Waals surface area contributed by atoms with E-state index in [-0.39, 0.29) is 46.6 Å². The van der Waals surface area contributed by atoms with Crippen LogP contribution in [0.3, 0.4) is 0 Å². The topological polar surface area (TPSA) is 133 Å². The number of carbonyl (C=O) groups is 3. The minimum absolute atomic E-state index is 0.00521. The lowest BCUT2D eigenvalue weighted by Gasteiger charge is -2.58. The predicted molar refractivity (Wildman–Crippen MR) is 115 cm³/mol. The molecule has 180 valence electrons. The number of carbonyl (C=O) groups excluding carboxylic acids is 3. The largest absolute Gasteiger partial charge is 0.456 e. The van der Waals surface area contributed by atoms with E-state index in [0.29, 0.717) is 6.42 Å². The molecule has 0 aromatic carbocycles. The van der Waals surface area contributed by atoms with Crippen LogP contribution in [0.2, 0.25) is 0 Å². The number of allylic oxidation sites excluding steroid dienone is 4. The highest BCUT2D eigenvalue weighted by atomic mass is 17.0. The fraction of sp³-hybridized carbons (Fsp3) is 0.708. The smallest absolute Gasteiger partial charge is 0.332 e. The lowest BCUT2D eigenvalue weighted by atomic mass is 9.46. The van der Waals surface area contributed by atoms with E-state index in [1.807, 2.05) is 13.0 Å². The van der Waals surface area contributed by atoms with Crippen molar-refractivity contribution in [3.8, 4) is 0 Å². The minimum Gasteiger partial charge on any atom is -0.456 e. The van der Waals surface area contributed by atoms with Gasteiger partial charge in [0.1, 0.15) is 6.61 Å². The van der Waals surface area contributed by atoms with Crippen molar-refractivity contribution in [1.82, 2.24) is 0 Å². The first kappa shape index (κ1) is 23.6. The van der Waals surface area contributed by atoms with Gasteiger partial charge in [0.15, 0.2) is 18.2 Å². The van der Waals surface area contributed by atoms with Crippen LogP contribution in [0.5, 0.6) is 0 Å². The summed E-state index contributed by atoms with van der Waals surface area (Å²) in [6.07, 6.45) is 7.63. The molecule has 4 rings (SSSR count). The molecule has 3 saturated carbocycles. The van der Waals surface area contributed by atoms with Crippen molar-refractivity contribution in [3.05, 3.63) is 33.9 Å². The lowest BCUT2D eigenvalue weighted by molar-refractivity contribution is -0.754. The summed E-state index contributed by atoms with van der Waals surface area (Å²) in [5.41, 5.74) is 0.281. The zero-order chi connectivity index (χ0) is 24.1. The van der Waals surface area contributed by atoms with Gasteiger partial charge in [-0.15, -0.1) is 10.1 Å². The van der Waals surface area contributed by atoms with Crippen LogP contribution in [0.25, 0.3) is 0 Å². The Bertz CT molecular complexity index is 941. The monoisotopic (exact) mass is 461 g/mol. The summed E-state index contributed by atoms with van der Waals surface area (Å²) < 4.78 is 4.94. The highest BCUT2D eigenvalue weighted by Crippen LogP contribution is 2.67. The third kappa shape index (κ3) is 3.90. The van der Waals surface area contributed by atoms with Crippen LogP contribution >= 0.6 is 0 Å². The Labute approximate surface area is 192 Å². The first-order valence-corrected chi connectivity index (χ1v) is 11.6. The van der Waals surface area contributed by atoms with Crippen molar-refractivity contribution < 1.29 is 34.2 Å². The van der Waals surface area contributed by atoms with Crippen molar-refractivity contribution >= 4 is 17.5 Å². The third-order valence-electron chi connectivity index (χ3n) is 8.85. The van der Waals surface area contributed by atoms with E-state index >= 15 is 0 Å². The maximum absolute atomic E-state index is 13.2. The standard InChI is InChI=1S/C24H31NO8/c1-13-8-17-16-5-4-14-9-15(26)6-7-23(14,2)22(16)18(27)10-24(17,3)21(13)19(28)11-32-20(29)12-33-25(30)31/h6-7,9,13,16-18,21-22,27H,4-5,8,10-12H2,1-3H3. The molecule has 8 unspecified atom stereocenters. The van der Waals surface area contributed by atoms with Crippen LogP contribution in [-0.2, 0) is 24.0 Å². The number of fused-ring (bicyclic) bond motifs is 5. The van der Waals surface area contributed by atoms with Gasteiger partial charge in [-0.2, -0.15) is 0 Å². The highest BCUT2D eigenvalue weighted by molar-refractivity contribution is 6.01. The molecule has 0 aromatic heterocycles. The fourth-order valence-corrected chi connectivity index (χ4v) is 7.77. The maximum Gasteiger partial charge on any atom is 0.332 e. The molecule has 4 aliphatic carbocycles. The second-order valence-corrected chi connectivity index (χ2v) is 10.6. The van der Waals surface area contributed by atoms with Gasteiger partial charge in [0.05, 0.1) is 6.10 Å². The number of ether oxygens (including phenoxy) is 1. The minimum atomic E-state index is -1.09. The lowest BCUT2D eigenvalue weighted by Crippen LogP contribution is -2.56. The molecule has 0 heterocycles. The Balaban J connectivity index is 1.53. The summed E-state index contributed by atoms with van der Waals surface area (Å²) in [6.45, 7) is 4.89. The summed E-state index contributed by atoms with van der Waals surface area (Å²) in [7, 11) is 0. The number of rotatable bonds is 6. The molecular formula is C24H31NO8. The molecule has 0 radical (unpaired) electrons. The van der Waals surface area contributed by atoms with E-state index < -0.39 is 35.8 Å². The van der Waals surface area contributed by atoms with E-state index in [2.05, 4.69) is 18.7 Å². The van der Waals surface area contributed by atoms with Gasteiger partial charge in [0.2, 0.25) is 0 Å². The Morgan fingerprint density at radius 1 is 1.30 bits per heavy atom. The highest BCUT2D eigenvalue weighted by Gasteiger charge is 2.64.